The highest BCUT2D eigenvalue weighted by molar-refractivity contribution is 8.13. The molecule has 0 spiro atoms. The maximum Gasteiger partial charge on any atom is 0.306 e. The van der Waals surface area contributed by atoms with Crippen LogP contribution in [-0.2, 0) is 16.1 Å². The number of ether oxygens (including phenoxy) is 1. The van der Waals surface area contributed by atoms with Gasteiger partial charge in [0.2, 0.25) is 0 Å². The zero-order chi connectivity index (χ0) is 18.7. The Balaban J connectivity index is 1.98. The number of aromatic nitrogens is 1. The number of esters is 1. The monoisotopic (exact) mass is 369 g/mol. The average Bonchev–Trinajstić information content (AvgIpc) is 2.82. The molecule has 1 aromatic carbocycles. The van der Waals surface area contributed by atoms with Crippen molar-refractivity contribution in [1.82, 2.24) is 4.57 Å². The molecule has 1 aromatic heterocycles. The van der Waals surface area contributed by atoms with Crippen molar-refractivity contribution in [2.24, 2.45) is 10.2 Å². The van der Waals surface area contributed by atoms with Gasteiger partial charge in [-0.2, -0.15) is 0 Å². The second-order valence-corrected chi connectivity index (χ2v) is 7.42. The molecule has 0 saturated heterocycles. The van der Waals surface area contributed by atoms with E-state index in [2.05, 4.69) is 47.7 Å². The number of rotatable bonds is 4. The fraction of sp³-hybridized carbons (Fsp3) is 0.350. The molecule has 0 saturated carbocycles. The van der Waals surface area contributed by atoms with Crippen molar-refractivity contribution < 1.29 is 9.53 Å². The van der Waals surface area contributed by atoms with E-state index >= 15 is 0 Å². The lowest BCUT2D eigenvalue weighted by Crippen LogP contribution is -2.15. The van der Waals surface area contributed by atoms with Crippen LogP contribution in [0.2, 0.25) is 0 Å². The highest BCUT2D eigenvalue weighted by Crippen LogP contribution is 2.27. The Morgan fingerprint density at radius 2 is 1.88 bits per heavy atom. The first-order valence-electron chi connectivity index (χ1n) is 8.59. The summed E-state index contributed by atoms with van der Waals surface area (Å²) < 4.78 is 6.99. The molecule has 136 valence electrons. The van der Waals surface area contributed by atoms with Crippen LogP contribution >= 0.6 is 11.8 Å². The molecule has 2 heterocycles. The number of hydrogen-bond donors (Lipinski definition) is 0. The SMILES string of the molecule is COC(=O)CCSC1=NN=C(c2ccccc2)c2c(C)c(C)c(C)n2C1. The van der Waals surface area contributed by atoms with Crippen LogP contribution in [0.25, 0.3) is 0 Å². The van der Waals surface area contributed by atoms with E-state index in [9.17, 15) is 4.79 Å². The first-order valence-corrected chi connectivity index (χ1v) is 9.57. The standard InChI is InChI=1S/C20H23N3O2S/c1-13-14(2)20-19(16-8-6-5-7-9-16)22-21-17(12-23(20)15(13)3)26-11-10-18(24)25-4/h5-9H,10-12H2,1-4H3. The zero-order valence-corrected chi connectivity index (χ0v) is 16.4. The van der Waals surface area contributed by atoms with E-state index in [1.54, 1.807) is 11.8 Å². The van der Waals surface area contributed by atoms with Crippen molar-refractivity contribution in [1.29, 1.82) is 0 Å². The third-order valence-electron chi connectivity index (χ3n) is 4.76. The molecule has 0 amide bonds. The summed E-state index contributed by atoms with van der Waals surface area (Å²) in [6.45, 7) is 7.09. The van der Waals surface area contributed by atoms with Gasteiger partial charge < -0.3 is 9.30 Å². The molecular weight excluding hydrogens is 346 g/mol. The van der Waals surface area contributed by atoms with Crippen LogP contribution in [0.5, 0.6) is 0 Å². The van der Waals surface area contributed by atoms with Gasteiger partial charge in [-0.25, -0.2) is 0 Å². The Bertz CT molecular complexity index is 882. The molecule has 3 rings (SSSR count). The predicted molar refractivity (Wildman–Crippen MR) is 107 cm³/mol. The number of nitrogens with zero attached hydrogens (tertiary/aromatic N) is 3. The van der Waals surface area contributed by atoms with Gasteiger partial charge in [-0.1, -0.05) is 30.3 Å². The minimum atomic E-state index is -0.204. The van der Waals surface area contributed by atoms with Crippen LogP contribution in [-0.4, -0.2) is 34.2 Å². The molecule has 0 radical (unpaired) electrons. The van der Waals surface area contributed by atoms with Gasteiger partial charge in [-0.15, -0.1) is 22.0 Å². The first kappa shape index (κ1) is 18.5. The quantitative estimate of drug-likeness (QED) is 0.769. The van der Waals surface area contributed by atoms with Crippen molar-refractivity contribution in [3.05, 3.63) is 58.4 Å². The van der Waals surface area contributed by atoms with Gasteiger partial charge in [0, 0.05) is 17.0 Å². The third-order valence-corrected chi connectivity index (χ3v) is 5.72. The first-order chi connectivity index (χ1) is 12.5. The van der Waals surface area contributed by atoms with E-state index in [4.69, 9.17) is 4.74 Å². The van der Waals surface area contributed by atoms with E-state index in [1.165, 1.54) is 23.9 Å². The molecule has 5 nitrogen and oxygen atoms in total. The van der Waals surface area contributed by atoms with Gasteiger partial charge in [0.25, 0.3) is 0 Å². The summed E-state index contributed by atoms with van der Waals surface area (Å²) in [5.41, 5.74) is 6.81. The fourth-order valence-electron chi connectivity index (χ4n) is 3.06. The number of methoxy groups -OCH3 is 1. The van der Waals surface area contributed by atoms with Crippen molar-refractivity contribution >= 4 is 28.5 Å². The summed E-state index contributed by atoms with van der Waals surface area (Å²) in [5.74, 6) is 0.430. The predicted octanol–water partition coefficient (Wildman–Crippen LogP) is 3.87. The number of hydrogen-bond acceptors (Lipinski definition) is 5. The van der Waals surface area contributed by atoms with Crippen molar-refractivity contribution in [2.75, 3.05) is 12.9 Å². The zero-order valence-electron chi connectivity index (χ0n) is 15.6. The number of carbonyl (C=O) groups is 1. The van der Waals surface area contributed by atoms with Crippen LogP contribution in [0, 0.1) is 20.8 Å². The smallest absolute Gasteiger partial charge is 0.306 e. The number of carbonyl (C=O) groups excluding carboxylic acids is 1. The molecule has 0 unspecified atom stereocenters. The highest BCUT2D eigenvalue weighted by Gasteiger charge is 2.23. The lowest BCUT2D eigenvalue weighted by Gasteiger charge is -2.12. The Labute approximate surface area is 158 Å². The second kappa shape index (κ2) is 7.91. The van der Waals surface area contributed by atoms with Gasteiger partial charge >= 0.3 is 5.97 Å². The van der Waals surface area contributed by atoms with E-state index in [-0.39, 0.29) is 5.97 Å². The Kier molecular flexibility index (Phi) is 5.61. The Morgan fingerprint density at radius 3 is 2.58 bits per heavy atom. The number of benzene rings is 1. The third kappa shape index (κ3) is 3.60. The maximum absolute atomic E-state index is 11.4. The molecule has 2 aromatic rings. The average molecular weight is 369 g/mol. The molecule has 6 heteroatoms. The van der Waals surface area contributed by atoms with Crippen LogP contribution in [0.1, 0.15) is 34.5 Å². The summed E-state index contributed by atoms with van der Waals surface area (Å²) in [7, 11) is 1.41. The Hall–Kier alpha value is -2.34. The Morgan fingerprint density at radius 1 is 1.15 bits per heavy atom. The molecule has 0 fully saturated rings. The maximum atomic E-state index is 11.4. The molecule has 26 heavy (non-hydrogen) atoms. The minimum absolute atomic E-state index is 0.204. The lowest BCUT2D eigenvalue weighted by atomic mass is 10.0. The van der Waals surface area contributed by atoms with Crippen LogP contribution < -0.4 is 0 Å². The van der Waals surface area contributed by atoms with E-state index in [1.807, 2.05) is 18.2 Å². The molecule has 0 bridgehead atoms. The van der Waals surface area contributed by atoms with Gasteiger partial charge in [-0.05, 0) is 31.9 Å². The summed E-state index contributed by atoms with van der Waals surface area (Å²) in [6, 6.07) is 10.2. The topological polar surface area (TPSA) is 55.9 Å². The number of thioether (sulfide) groups is 1. The molecular formula is C20H23N3O2S. The molecule has 0 N–H and O–H groups in total. The lowest BCUT2D eigenvalue weighted by molar-refractivity contribution is -0.140. The summed E-state index contributed by atoms with van der Waals surface area (Å²) in [6.07, 6.45) is 0.366. The van der Waals surface area contributed by atoms with Crippen LogP contribution in [0.4, 0.5) is 0 Å². The van der Waals surface area contributed by atoms with Gasteiger partial charge in [0.15, 0.2) is 0 Å². The molecule has 0 atom stereocenters. The van der Waals surface area contributed by atoms with Crippen LogP contribution in [0.15, 0.2) is 40.5 Å². The fourth-order valence-corrected chi connectivity index (χ4v) is 3.89. The summed E-state index contributed by atoms with van der Waals surface area (Å²) >= 11 is 1.56. The minimum Gasteiger partial charge on any atom is -0.469 e. The summed E-state index contributed by atoms with van der Waals surface area (Å²) in [4.78, 5) is 11.4. The van der Waals surface area contributed by atoms with Crippen molar-refractivity contribution in [3.63, 3.8) is 0 Å². The number of fused-ring (bicyclic) bond motifs is 1. The summed E-state index contributed by atoms with van der Waals surface area (Å²) in [5, 5.41) is 10.00. The second-order valence-electron chi connectivity index (χ2n) is 6.25. The molecule has 0 aliphatic carbocycles. The van der Waals surface area contributed by atoms with Crippen LogP contribution in [0.3, 0.4) is 0 Å². The van der Waals surface area contributed by atoms with Crippen molar-refractivity contribution in [2.45, 2.75) is 33.7 Å². The van der Waals surface area contributed by atoms with Crippen molar-refractivity contribution in [3.8, 4) is 0 Å². The normalized spacial score (nSPS) is 13.5. The largest absolute Gasteiger partial charge is 0.469 e. The van der Waals surface area contributed by atoms with Gasteiger partial charge in [-0.3, -0.25) is 4.79 Å². The van der Waals surface area contributed by atoms with E-state index < -0.39 is 0 Å². The molecule has 1 aliphatic heterocycles. The highest BCUT2D eigenvalue weighted by atomic mass is 32.2. The van der Waals surface area contributed by atoms with E-state index in [0.29, 0.717) is 18.7 Å². The van der Waals surface area contributed by atoms with E-state index in [0.717, 1.165) is 22.0 Å². The molecule has 1 aliphatic rings. The van der Waals surface area contributed by atoms with Gasteiger partial charge in [0.05, 0.1) is 25.8 Å². The van der Waals surface area contributed by atoms with Gasteiger partial charge in [0.1, 0.15) is 10.8 Å².